The van der Waals surface area contributed by atoms with Crippen molar-refractivity contribution in [3.8, 4) is 0 Å². The highest BCUT2D eigenvalue weighted by Crippen LogP contribution is 2.30. The fourth-order valence-corrected chi connectivity index (χ4v) is 3.40. The van der Waals surface area contributed by atoms with Crippen molar-refractivity contribution in [3.05, 3.63) is 47.0 Å². The van der Waals surface area contributed by atoms with Crippen molar-refractivity contribution in [3.63, 3.8) is 0 Å². The summed E-state index contributed by atoms with van der Waals surface area (Å²) in [5.41, 5.74) is 2.12. The zero-order chi connectivity index (χ0) is 16.0. The Labute approximate surface area is 132 Å². The Bertz CT molecular complexity index is 760. The number of fused-ring (bicyclic) bond motifs is 3. The molecular weight excluding hydrogens is 299 g/mol. The second-order valence-corrected chi connectivity index (χ2v) is 6.09. The lowest BCUT2D eigenvalue weighted by molar-refractivity contribution is -0.0605. The molecule has 0 saturated carbocycles. The molecule has 0 unspecified atom stereocenters. The highest BCUT2D eigenvalue weighted by Gasteiger charge is 2.38. The molecule has 1 aromatic carbocycles. The van der Waals surface area contributed by atoms with Gasteiger partial charge in [-0.1, -0.05) is 5.21 Å². The molecular formula is C16H17FN4O2. The van der Waals surface area contributed by atoms with Crippen LogP contribution in [0.5, 0.6) is 0 Å². The second kappa shape index (κ2) is 5.42. The van der Waals surface area contributed by atoms with Gasteiger partial charge >= 0.3 is 0 Å². The lowest BCUT2D eigenvalue weighted by atomic mass is 9.98. The predicted molar refractivity (Wildman–Crippen MR) is 79.3 cm³/mol. The van der Waals surface area contributed by atoms with Crippen molar-refractivity contribution in [1.82, 2.24) is 19.9 Å². The number of aryl methyl sites for hydroxylation is 1. The molecule has 120 valence electrons. The number of likely N-dealkylation sites (tertiary alicyclic amines) is 1. The smallest absolute Gasteiger partial charge is 0.254 e. The van der Waals surface area contributed by atoms with E-state index in [1.807, 2.05) is 4.68 Å². The van der Waals surface area contributed by atoms with E-state index in [4.69, 9.17) is 4.74 Å². The third kappa shape index (κ3) is 2.41. The SMILES string of the molecule is Cc1cc(F)ccc1C(=O)N1CC[C@@H]2OCc3cnnn3[C@@H]2C1. The number of rotatable bonds is 1. The van der Waals surface area contributed by atoms with Crippen LogP contribution in [0, 0.1) is 12.7 Å². The van der Waals surface area contributed by atoms with Crippen molar-refractivity contribution >= 4 is 5.91 Å². The van der Waals surface area contributed by atoms with Crippen LogP contribution in [0.2, 0.25) is 0 Å². The van der Waals surface area contributed by atoms with Crippen LogP contribution in [0.1, 0.15) is 34.1 Å². The lowest BCUT2D eigenvalue weighted by Gasteiger charge is -2.41. The van der Waals surface area contributed by atoms with Crippen molar-refractivity contribution in [2.24, 2.45) is 0 Å². The second-order valence-electron chi connectivity index (χ2n) is 6.09. The third-order valence-electron chi connectivity index (χ3n) is 4.63. The maximum absolute atomic E-state index is 13.2. The molecule has 0 spiro atoms. The van der Waals surface area contributed by atoms with Gasteiger partial charge in [0.05, 0.1) is 30.6 Å². The number of halogens is 1. The molecule has 2 aliphatic rings. The van der Waals surface area contributed by atoms with E-state index in [2.05, 4.69) is 10.3 Å². The minimum atomic E-state index is -0.328. The van der Waals surface area contributed by atoms with E-state index in [-0.39, 0.29) is 23.9 Å². The number of ether oxygens (including phenoxy) is 1. The van der Waals surface area contributed by atoms with Gasteiger partial charge < -0.3 is 9.64 Å². The molecule has 0 bridgehead atoms. The average Bonchev–Trinajstić information content (AvgIpc) is 3.03. The molecule has 0 aliphatic carbocycles. The Hall–Kier alpha value is -2.28. The molecule has 1 aromatic heterocycles. The van der Waals surface area contributed by atoms with Gasteiger partial charge in [-0.05, 0) is 37.1 Å². The van der Waals surface area contributed by atoms with Crippen molar-refractivity contribution in [2.45, 2.75) is 32.1 Å². The highest BCUT2D eigenvalue weighted by atomic mass is 19.1. The first-order chi connectivity index (χ1) is 11.1. The van der Waals surface area contributed by atoms with E-state index in [0.717, 1.165) is 12.1 Å². The normalized spacial score (nSPS) is 23.3. The first kappa shape index (κ1) is 14.3. The summed E-state index contributed by atoms with van der Waals surface area (Å²) in [4.78, 5) is 14.6. The maximum Gasteiger partial charge on any atom is 0.254 e. The Morgan fingerprint density at radius 3 is 3.13 bits per heavy atom. The van der Waals surface area contributed by atoms with E-state index in [1.165, 1.54) is 12.1 Å². The third-order valence-corrected chi connectivity index (χ3v) is 4.63. The first-order valence-electron chi connectivity index (χ1n) is 7.69. The number of carbonyl (C=O) groups excluding carboxylic acids is 1. The van der Waals surface area contributed by atoms with Crippen molar-refractivity contribution in [2.75, 3.05) is 13.1 Å². The predicted octanol–water partition coefficient (Wildman–Crippen LogP) is 1.71. The molecule has 2 atom stereocenters. The lowest BCUT2D eigenvalue weighted by Crippen LogP contribution is -2.50. The summed E-state index contributed by atoms with van der Waals surface area (Å²) in [5, 5.41) is 8.07. The fraction of sp³-hybridized carbons (Fsp3) is 0.438. The van der Waals surface area contributed by atoms with E-state index in [1.54, 1.807) is 24.1 Å². The van der Waals surface area contributed by atoms with Gasteiger partial charge in [0.25, 0.3) is 5.91 Å². The van der Waals surface area contributed by atoms with Crippen LogP contribution < -0.4 is 0 Å². The van der Waals surface area contributed by atoms with Gasteiger partial charge in [-0.25, -0.2) is 9.07 Å². The molecule has 6 nitrogen and oxygen atoms in total. The first-order valence-corrected chi connectivity index (χ1v) is 7.69. The van der Waals surface area contributed by atoms with E-state index in [0.29, 0.717) is 30.8 Å². The minimum absolute atomic E-state index is 0.0142. The van der Waals surface area contributed by atoms with Crippen molar-refractivity contribution in [1.29, 1.82) is 0 Å². The van der Waals surface area contributed by atoms with Gasteiger partial charge in [0.15, 0.2) is 0 Å². The summed E-state index contributed by atoms with van der Waals surface area (Å²) in [6.07, 6.45) is 2.51. The number of carbonyl (C=O) groups is 1. The van der Waals surface area contributed by atoms with Crippen LogP contribution in [0.3, 0.4) is 0 Å². The average molecular weight is 316 g/mol. The van der Waals surface area contributed by atoms with Gasteiger partial charge in [-0.15, -0.1) is 5.10 Å². The fourth-order valence-electron chi connectivity index (χ4n) is 3.40. The maximum atomic E-state index is 13.2. The van der Waals surface area contributed by atoms with E-state index >= 15 is 0 Å². The molecule has 1 fully saturated rings. The Morgan fingerprint density at radius 1 is 1.43 bits per heavy atom. The molecule has 3 heterocycles. The van der Waals surface area contributed by atoms with Crippen LogP contribution in [0.15, 0.2) is 24.4 Å². The molecule has 1 amide bonds. The zero-order valence-electron chi connectivity index (χ0n) is 12.8. The number of hydrogen-bond donors (Lipinski definition) is 0. The Kier molecular flexibility index (Phi) is 3.37. The molecule has 4 rings (SSSR count). The van der Waals surface area contributed by atoms with Gasteiger partial charge in [0.1, 0.15) is 5.82 Å². The number of amides is 1. The zero-order valence-corrected chi connectivity index (χ0v) is 12.8. The van der Waals surface area contributed by atoms with Gasteiger partial charge in [0, 0.05) is 18.7 Å². The largest absolute Gasteiger partial charge is 0.370 e. The Balaban J connectivity index is 1.59. The monoisotopic (exact) mass is 316 g/mol. The molecule has 2 aromatic rings. The molecule has 7 heteroatoms. The summed E-state index contributed by atoms with van der Waals surface area (Å²) in [6.45, 7) is 3.42. The number of piperidine rings is 1. The molecule has 2 aliphatic heterocycles. The van der Waals surface area contributed by atoms with Gasteiger partial charge in [-0.2, -0.15) is 0 Å². The quantitative estimate of drug-likeness (QED) is 0.803. The number of aromatic nitrogens is 3. The number of benzene rings is 1. The summed E-state index contributed by atoms with van der Waals surface area (Å²) >= 11 is 0. The van der Waals surface area contributed by atoms with Crippen molar-refractivity contribution < 1.29 is 13.9 Å². The van der Waals surface area contributed by atoms with Crippen LogP contribution in [-0.2, 0) is 11.3 Å². The highest BCUT2D eigenvalue weighted by molar-refractivity contribution is 5.95. The van der Waals surface area contributed by atoms with E-state index in [9.17, 15) is 9.18 Å². The van der Waals surface area contributed by atoms with Gasteiger partial charge in [-0.3, -0.25) is 4.79 Å². The van der Waals surface area contributed by atoms with Crippen LogP contribution in [0.4, 0.5) is 4.39 Å². The molecule has 0 N–H and O–H groups in total. The summed E-state index contributed by atoms with van der Waals surface area (Å²) in [7, 11) is 0. The topological polar surface area (TPSA) is 60.3 Å². The molecule has 1 saturated heterocycles. The van der Waals surface area contributed by atoms with Crippen LogP contribution in [0.25, 0.3) is 0 Å². The Morgan fingerprint density at radius 2 is 2.30 bits per heavy atom. The van der Waals surface area contributed by atoms with Crippen LogP contribution in [-0.4, -0.2) is 45.0 Å². The molecule has 0 radical (unpaired) electrons. The standard InChI is InChI=1S/C16H17FN4O2/c1-10-6-11(17)2-3-13(10)16(22)20-5-4-15-14(8-20)21-12(9-23-15)7-18-19-21/h2-3,6-7,14-15H,4-5,8-9H2,1H3/t14-,15+/m1/s1. The number of nitrogens with zero attached hydrogens (tertiary/aromatic N) is 4. The summed E-state index contributed by atoms with van der Waals surface area (Å²) < 4.78 is 21.0. The van der Waals surface area contributed by atoms with E-state index < -0.39 is 0 Å². The summed E-state index contributed by atoms with van der Waals surface area (Å²) in [6, 6.07) is 4.25. The number of hydrogen-bond acceptors (Lipinski definition) is 4. The van der Waals surface area contributed by atoms with Gasteiger partial charge in [0.2, 0.25) is 0 Å². The molecule has 23 heavy (non-hydrogen) atoms. The summed E-state index contributed by atoms with van der Waals surface area (Å²) in [5.74, 6) is -0.404. The van der Waals surface area contributed by atoms with Crippen LogP contribution >= 0.6 is 0 Å². The minimum Gasteiger partial charge on any atom is -0.370 e.